The van der Waals surface area contributed by atoms with Gasteiger partial charge in [0.05, 0.1) is 18.2 Å². The Labute approximate surface area is 218 Å². The third-order valence-electron chi connectivity index (χ3n) is 9.04. The Hall–Kier alpha value is -2.84. The van der Waals surface area contributed by atoms with E-state index < -0.39 is 47.1 Å². The van der Waals surface area contributed by atoms with Crippen LogP contribution < -0.4 is 10.6 Å². The van der Waals surface area contributed by atoms with Crippen LogP contribution in [0.15, 0.2) is 18.6 Å². The summed E-state index contributed by atoms with van der Waals surface area (Å²) >= 11 is 0. The second-order valence-corrected chi connectivity index (χ2v) is 12.8. The summed E-state index contributed by atoms with van der Waals surface area (Å²) in [5, 5.41) is 15.8. The number of carboxylic acid groups (broad SMARTS) is 1. The summed E-state index contributed by atoms with van der Waals surface area (Å²) in [6, 6.07) is -1.69. The molecule has 3 aliphatic rings. The zero-order valence-corrected chi connectivity index (χ0v) is 22.5. The van der Waals surface area contributed by atoms with Crippen LogP contribution >= 0.6 is 0 Å². The van der Waals surface area contributed by atoms with Gasteiger partial charge in [-0.05, 0) is 47.8 Å². The van der Waals surface area contributed by atoms with Gasteiger partial charge in [0.25, 0.3) is 5.91 Å². The Bertz CT molecular complexity index is 1040. The van der Waals surface area contributed by atoms with Crippen molar-refractivity contribution in [2.75, 3.05) is 0 Å². The Morgan fingerprint density at radius 1 is 1.05 bits per heavy atom. The smallest absolute Gasteiger partial charge is 0.307 e. The van der Waals surface area contributed by atoms with Gasteiger partial charge in [0.15, 0.2) is 5.78 Å². The van der Waals surface area contributed by atoms with Crippen molar-refractivity contribution < 1.29 is 24.3 Å². The Balaban J connectivity index is 1.55. The van der Waals surface area contributed by atoms with E-state index in [0.29, 0.717) is 6.42 Å². The molecule has 2 amide bonds. The van der Waals surface area contributed by atoms with E-state index in [-0.39, 0.29) is 34.6 Å². The van der Waals surface area contributed by atoms with Crippen molar-refractivity contribution in [1.82, 2.24) is 20.6 Å². The SMILES string of the molecule is CC(C)(C)[C@H](NC(=O)[C@@H](NC(=O)c1cnccn1)C1CCCCC1)C(=O)C1C[C@H]2[C@@H]([C@H]1C(=O)O)C2(C)C. The number of hydrogen-bond donors (Lipinski definition) is 3. The van der Waals surface area contributed by atoms with Crippen molar-refractivity contribution in [2.24, 2.45) is 40.4 Å². The topological polar surface area (TPSA) is 138 Å². The van der Waals surface area contributed by atoms with E-state index in [0.717, 1.165) is 32.1 Å². The molecule has 0 saturated heterocycles. The number of fused-ring (bicyclic) bond motifs is 1. The van der Waals surface area contributed by atoms with Crippen LogP contribution in [0.5, 0.6) is 0 Å². The lowest BCUT2D eigenvalue weighted by Gasteiger charge is -2.37. The highest BCUT2D eigenvalue weighted by molar-refractivity contribution is 5.98. The van der Waals surface area contributed by atoms with E-state index in [2.05, 4.69) is 34.4 Å². The first kappa shape index (κ1) is 27.2. The first-order chi connectivity index (χ1) is 17.3. The average Bonchev–Trinajstić information content (AvgIpc) is 3.18. The van der Waals surface area contributed by atoms with E-state index >= 15 is 0 Å². The number of nitrogens with one attached hydrogen (secondary N) is 2. The molecule has 1 heterocycles. The molecular weight excluding hydrogens is 472 g/mol. The summed E-state index contributed by atoms with van der Waals surface area (Å²) in [4.78, 5) is 60.7. The highest BCUT2D eigenvalue weighted by Crippen LogP contribution is 2.70. The molecule has 0 spiro atoms. The number of amides is 2. The van der Waals surface area contributed by atoms with Gasteiger partial charge < -0.3 is 15.7 Å². The van der Waals surface area contributed by atoms with Crippen LogP contribution in [0.2, 0.25) is 0 Å². The van der Waals surface area contributed by atoms with Gasteiger partial charge in [-0.25, -0.2) is 4.98 Å². The molecule has 9 nitrogen and oxygen atoms in total. The molecule has 0 aliphatic heterocycles. The number of Topliss-reactive ketones (excluding diaryl/α,β-unsaturated/α-hetero) is 1. The molecule has 6 atom stereocenters. The van der Waals surface area contributed by atoms with E-state index in [1.807, 2.05) is 20.8 Å². The van der Waals surface area contributed by atoms with Gasteiger partial charge in [-0.3, -0.25) is 24.2 Å². The summed E-state index contributed by atoms with van der Waals surface area (Å²) in [7, 11) is 0. The predicted octanol–water partition coefficient (Wildman–Crippen LogP) is 3.25. The number of rotatable bonds is 8. The minimum atomic E-state index is -0.938. The lowest BCUT2D eigenvalue weighted by Crippen LogP contribution is -2.59. The van der Waals surface area contributed by atoms with Gasteiger partial charge in [-0.1, -0.05) is 53.9 Å². The maximum atomic E-state index is 13.9. The van der Waals surface area contributed by atoms with Crippen LogP contribution in [0, 0.1) is 40.4 Å². The van der Waals surface area contributed by atoms with Crippen LogP contribution in [-0.4, -0.2) is 50.7 Å². The zero-order chi connectivity index (χ0) is 27.1. The number of carbonyl (C=O) groups excluding carboxylic acids is 3. The Morgan fingerprint density at radius 2 is 1.73 bits per heavy atom. The lowest BCUT2D eigenvalue weighted by atomic mass is 9.74. The number of nitrogens with zero attached hydrogens (tertiary/aromatic N) is 2. The van der Waals surface area contributed by atoms with Crippen LogP contribution in [0.3, 0.4) is 0 Å². The molecule has 1 unspecified atom stereocenters. The quantitative estimate of drug-likeness (QED) is 0.486. The van der Waals surface area contributed by atoms with E-state index in [1.54, 1.807) is 0 Å². The van der Waals surface area contributed by atoms with Crippen LogP contribution in [-0.2, 0) is 14.4 Å². The van der Waals surface area contributed by atoms with Crippen LogP contribution in [0.25, 0.3) is 0 Å². The average molecular weight is 513 g/mol. The Kier molecular flexibility index (Phi) is 7.45. The molecule has 3 saturated carbocycles. The molecule has 202 valence electrons. The van der Waals surface area contributed by atoms with Crippen molar-refractivity contribution >= 4 is 23.6 Å². The zero-order valence-electron chi connectivity index (χ0n) is 22.5. The predicted molar refractivity (Wildman–Crippen MR) is 136 cm³/mol. The molecule has 1 aromatic rings. The first-order valence-corrected chi connectivity index (χ1v) is 13.5. The minimum absolute atomic E-state index is 0.0171. The van der Waals surface area contributed by atoms with Gasteiger partial charge in [0.2, 0.25) is 5.91 Å². The Morgan fingerprint density at radius 3 is 2.30 bits per heavy atom. The molecule has 3 aliphatic carbocycles. The van der Waals surface area contributed by atoms with Gasteiger partial charge in [-0.2, -0.15) is 0 Å². The van der Waals surface area contributed by atoms with Gasteiger partial charge in [-0.15, -0.1) is 0 Å². The number of hydrogen-bond acceptors (Lipinski definition) is 6. The maximum Gasteiger partial charge on any atom is 0.307 e. The van der Waals surface area contributed by atoms with Crippen molar-refractivity contribution in [2.45, 2.75) is 85.2 Å². The third-order valence-corrected chi connectivity index (χ3v) is 9.04. The first-order valence-electron chi connectivity index (χ1n) is 13.5. The van der Waals surface area contributed by atoms with Crippen molar-refractivity contribution in [3.05, 3.63) is 24.3 Å². The summed E-state index contributed by atoms with van der Waals surface area (Å²) in [6.07, 6.45) is 9.41. The molecule has 37 heavy (non-hydrogen) atoms. The highest BCUT2D eigenvalue weighted by Gasteiger charge is 2.70. The summed E-state index contributed by atoms with van der Waals surface area (Å²) in [5.74, 6) is -3.29. The number of carbonyl (C=O) groups is 4. The lowest BCUT2D eigenvalue weighted by molar-refractivity contribution is -0.148. The van der Waals surface area contributed by atoms with Crippen LogP contribution in [0.4, 0.5) is 0 Å². The number of aromatic nitrogens is 2. The fourth-order valence-corrected chi connectivity index (χ4v) is 6.90. The number of aliphatic carboxylic acids is 1. The van der Waals surface area contributed by atoms with Crippen molar-refractivity contribution in [1.29, 1.82) is 0 Å². The normalized spacial score (nSPS) is 28.5. The molecule has 4 rings (SSSR count). The number of ketones is 1. The van der Waals surface area contributed by atoms with Gasteiger partial charge in [0, 0.05) is 18.3 Å². The monoisotopic (exact) mass is 512 g/mol. The molecule has 0 bridgehead atoms. The van der Waals surface area contributed by atoms with E-state index in [1.165, 1.54) is 18.6 Å². The summed E-state index contributed by atoms with van der Waals surface area (Å²) in [5.41, 5.74) is -0.585. The van der Waals surface area contributed by atoms with Crippen LogP contribution in [0.1, 0.15) is 83.6 Å². The molecule has 9 heteroatoms. The molecule has 0 aromatic carbocycles. The van der Waals surface area contributed by atoms with E-state index in [4.69, 9.17) is 0 Å². The van der Waals surface area contributed by atoms with Gasteiger partial charge >= 0.3 is 5.97 Å². The van der Waals surface area contributed by atoms with E-state index in [9.17, 15) is 24.3 Å². The van der Waals surface area contributed by atoms with Crippen molar-refractivity contribution in [3.63, 3.8) is 0 Å². The fraction of sp³-hybridized carbons (Fsp3) is 0.714. The molecule has 1 aromatic heterocycles. The second kappa shape index (κ2) is 10.1. The highest BCUT2D eigenvalue weighted by atomic mass is 16.4. The summed E-state index contributed by atoms with van der Waals surface area (Å²) in [6.45, 7) is 9.75. The fourth-order valence-electron chi connectivity index (χ4n) is 6.90. The molecule has 3 fully saturated rings. The maximum absolute atomic E-state index is 13.9. The minimum Gasteiger partial charge on any atom is -0.481 e. The standard InChI is InChI=1S/C28H40N4O5/c1-27(2,3)23(22(33)16-13-17-20(28(17,4)5)19(16)26(36)37)32-25(35)21(15-9-7-6-8-10-15)31-24(34)18-14-29-11-12-30-18/h11-12,14-17,19-21,23H,6-10,13H2,1-5H3,(H,31,34)(H,32,35)(H,36,37)/t16?,17-,19-,20-,21-,23+/m0/s1. The third kappa shape index (κ3) is 5.41. The summed E-state index contributed by atoms with van der Waals surface area (Å²) < 4.78 is 0. The molecule has 3 N–H and O–H groups in total. The largest absolute Gasteiger partial charge is 0.481 e. The van der Waals surface area contributed by atoms with Gasteiger partial charge in [0.1, 0.15) is 11.7 Å². The molecule has 0 radical (unpaired) electrons. The second-order valence-electron chi connectivity index (χ2n) is 12.8. The number of carboxylic acids is 1. The molecular formula is C28H40N4O5. The van der Waals surface area contributed by atoms with Crippen molar-refractivity contribution in [3.8, 4) is 0 Å².